The lowest BCUT2D eigenvalue weighted by atomic mass is 10.2. The third-order valence-electron chi connectivity index (χ3n) is 2.40. The van der Waals surface area contributed by atoms with Gasteiger partial charge in [0.25, 0.3) is 0 Å². The fourth-order valence-corrected chi connectivity index (χ4v) is 2.01. The van der Waals surface area contributed by atoms with Crippen molar-refractivity contribution in [2.75, 3.05) is 0 Å². The van der Waals surface area contributed by atoms with Crippen LogP contribution in [0.3, 0.4) is 0 Å². The second-order valence-corrected chi connectivity index (χ2v) is 4.74. The zero-order valence-electron chi connectivity index (χ0n) is 9.39. The number of aromatic nitrogens is 2. The highest BCUT2D eigenvalue weighted by molar-refractivity contribution is 6.31. The first kappa shape index (κ1) is 12.5. The Morgan fingerprint density at radius 1 is 1.35 bits per heavy atom. The number of hydrogen-bond acceptors (Lipinski definition) is 3. The van der Waals surface area contributed by atoms with Crippen LogP contribution in [0.2, 0.25) is 10.2 Å². The van der Waals surface area contributed by atoms with Gasteiger partial charge in [0.05, 0.1) is 16.9 Å². The third kappa shape index (κ3) is 2.34. The molecule has 0 aliphatic rings. The summed E-state index contributed by atoms with van der Waals surface area (Å²) < 4.78 is 6.83. The molecule has 0 amide bonds. The van der Waals surface area contributed by atoms with Crippen LogP contribution >= 0.6 is 23.2 Å². The molecule has 4 nitrogen and oxygen atoms in total. The standard InChI is InChI=1S/C11H12Cl2N2O2/c1-6(2)15-10(7(12)5-14-15)11(16)8-3-4-9(13)17-8/h3-6,11,16H,1-2H3. The molecule has 6 heteroatoms. The van der Waals surface area contributed by atoms with Gasteiger partial charge in [0, 0.05) is 6.04 Å². The molecule has 0 spiro atoms. The van der Waals surface area contributed by atoms with Crippen molar-refractivity contribution in [3.8, 4) is 0 Å². The van der Waals surface area contributed by atoms with Gasteiger partial charge in [-0.05, 0) is 37.6 Å². The Morgan fingerprint density at radius 2 is 2.06 bits per heavy atom. The van der Waals surface area contributed by atoms with Crippen molar-refractivity contribution in [1.29, 1.82) is 0 Å². The highest BCUT2D eigenvalue weighted by atomic mass is 35.5. The second-order valence-electron chi connectivity index (χ2n) is 3.96. The molecule has 0 aliphatic carbocycles. The number of aliphatic hydroxyl groups excluding tert-OH is 1. The highest BCUT2D eigenvalue weighted by Crippen LogP contribution is 2.31. The minimum atomic E-state index is -0.972. The van der Waals surface area contributed by atoms with E-state index in [9.17, 15) is 5.11 Å². The third-order valence-corrected chi connectivity index (χ3v) is 2.89. The molecule has 0 saturated carbocycles. The number of hydrogen-bond donors (Lipinski definition) is 1. The van der Waals surface area contributed by atoms with E-state index in [1.54, 1.807) is 16.8 Å². The molecular formula is C11H12Cl2N2O2. The summed E-state index contributed by atoms with van der Waals surface area (Å²) in [6, 6.07) is 3.28. The SMILES string of the molecule is CC(C)n1ncc(Cl)c1C(O)c1ccc(Cl)o1. The molecule has 1 N–H and O–H groups in total. The van der Waals surface area contributed by atoms with Gasteiger partial charge in [-0.15, -0.1) is 0 Å². The Hall–Kier alpha value is -0.970. The lowest BCUT2D eigenvalue weighted by Crippen LogP contribution is -2.12. The van der Waals surface area contributed by atoms with Crippen molar-refractivity contribution < 1.29 is 9.52 Å². The van der Waals surface area contributed by atoms with E-state index in [1.165, 1.54) is 6.20 Å². The van der Waals surface area contributed by atoms with Crippen molar-refractivity contribution in [3.63, 3.8) is 0 Å². The van der Waals surface area contributed by atoms with E-state index in [1.807, 2.05) is 13.8 Å². The molecule has 0 aliphatic heterocycles. The van der Waals surface area contributed by atoms with Gasteiger partial charge in [0.15, 0.2) is 11.3 Å². The van der Waals surface area contributed by atoms with E-state index in [0.29, 0.717) is 16.5 Å². The Labute approximate surface area is 109 Å². The zero-order valence-corrected chi connectivity index (χ0v) is 10.9. The molecule has 2 aromatic heterocycles. The van der Waals surface area contributed by atoms with E-state index in [2.05, 4.69) is 5.10 Å². The highest BCUT2D eigenvalue weighted by Gasteiger charge is 2.23. The van der Waals surface area contributed by atoms with Crippen LogP contribution < -0.4 is 0 Å². The van der Waals surface area contributed by atoms with E-state index in [4.69, 9.17) is 27.6 Å². The van der Waals surface area contributed by atoms with Crippen molar-refractivity contribution >= 4 is 23.2 Å². The number of nitrogens with zero attached hydrogens (tertiary/aromatic N) is 2. The molecule has 0 fully saturated rings. The summed E-state index contributed by atoms with van der Waals surface area (Å²) in [6.45, 7) is 3.91. The van der Waals surface area contributed by atoms with Crippen molar-refractivity contribution in [3.05, 3.63) is 40.0 Å². The van der Waals surface area contributed by atoms with E-state index >= 15 is 0 Å². The molecule has 1 atom stereocenters. The monoisotopic (exact) mass is 274 g/mol. The van der Waals surface area contributed by atoms with Crippen LogP contribution in [0.15, 0.2) is 22.7 Å². The molecule has 1 unspecified atom stereocenters. The van der Waals surface area contributed by atoms with Crippen LogP contribution in [0.25, 0.3) is 0 Å². The summed E-state index contributed by atoms with van der Waals surface area (Å²) in [7, 11) is 0. The van der Waals surface area contributed by atoms with E-state index in [0.717, 1.165) is 0 Å². The fourth-order valence-electron chi connectivity index (χ4n) is 1.63. The van der Waals surface area contributed by atoms with E-state index in [-0.39, 0.29) is 11.3 Å². The van der Waals surface area contributed by atoms with Gasteiger partial charge in [-0.3, -0.25) is 4.68 Å². The van der Waals surface area contributed by atoms with Crippen molar-refractivity contribution in [2.24, 2.45) is 0 Å². The van der Waals surface area contributed by atoms with Crippen molar-refractivity contribution in [1.82, 2.24) is 9.78 Å². The zero-order chi connectivity index (χ0) is 12.6. The first-order valence-corrected chi connectivity index (χ1v) is 5.92. The van der Waals surface area contributed by atoms with Crippen LogP contribution in [0.5, 0.6) is 0 Å². The lowest BCUT2D eigenvalue weighted by molar-refractivity contribution is 0.176. The average molecular weight is 275 g/mol. The lowest BCUT2D eigenvalue weighted by Gasteiger charge is -2.14. The maximum absolute atomic E-state index is 10.2. The van der Waals surface area contributed by atoms with Gasteiger partial charge in [0.1, 0.15) is 5.76 Å². The molecule has 0 saturated heterocycles. The normalized spacial score (nSPS) is 13.3. The molecule has 0 aromatic carbocycles. The molecule has 17 heavy (non-hydrogen) atoms. The Kier molecular flexibility index (Phi) is 3.47. The maximum atomic E-state index is 10.2. The number of halogens is 2. The second kappa shape index (κ2) is 4.72. The molecule has 2 aromatic rings. The summed E-state index contributed by atoms with van der Waals surface area (Å²) in [6.07, 6.45) is 0.532. The topological polar surface area (TPSA) is 51.2 Å². The predicted octanol–water partition coefficient (Wildman–Crippen LogP) is 3.45. The number of aliphatic hydroxyl groups is 1. The molecule has 2 rings (SSSR count). The first-order chi connectivity index (χ1) is 8.00. The van der Waals surface area contributed by atoms with Gasteiger partial charge in [-0.2, -0.15) is 5.10 Å². The van der Waals surface area contributed by atoms with Crippen LogP contribution in [0.4, 0.5) is 0 Å². The van der Waals surface area contributed by atoms with Gasteiger partial charge in [0.2, 0.25) is 0 Å². The van der Waals surface area contributed by atoms with Gasteiger partial charge in [-0.1, -0.05) is 11.6 Å². The summed E-state index contributed by atoms with van der Waals surface area (Å²) in [5.74, 6) is 0.347. The smallest absolute Gasteiger partial charge is 0.193 e. The van der Waals surface area contributed by atoms with E-state index < -0.39 is 6.10 Å². The summed E-state index contributed by atoms with van der Waals surface area (Å²) in [5.41, 5.74) is 0.507. The molecular weight excluding hydrogens is 263 g/mol. The molecule has 2 heterocycles. The summed E-state index contributed by atoms with van der Waals surface area (Å²) in [4.78, 5) is 0. The molecule has 92 valence electrons. The summed E-state index contributed by atoms with van der Waals surface area (Å²) >= 11 is 11.7. The number of rotatable bonds is 3. The number of furan rings is 1. The maximum Gasteiger partial charge on any atom is 0.193 e. The van der Waals surface area contributed by atoms with Crippen LogP contribution in [0.1, 0.15) is 37.4 Å². The van der Waals surface area contributed by atoms with Crippen LogP contribution in [0, 0.1) is 0 Å². The average Bonchev–Trinajstić information content (AvgIpc) is 2.83. The van der Waals surface area contributed by atoms with Crippen molar-refractivity contribution in [2.45, 2.75) is 26.0 Å². The summed E-state index contributed by atoms with van der Waals surface area (Å²) in [5, 5.41) is 15.0. The Bertz CT molecular complexity index is 519. The minimum absolute atomic E-state index is 0.0950. The Balaban J connectivity index is 2.43. The predicted molar refractivity (Wildman–Crippen MR) is 65.4 cm³/mol. The minimum Gasteiger partial charge on any atom is -0.447 e. The molecule has 0 radical (unpaired) electrons. The quantitative estimate of drug-likeness (QED) is 0.933. The van der Waals surface area contributed by atoms with Crippen LogP contribution in [-0.2, 0) is 0 Å². The fraction of sp³-hybridized carbons (Fsp3) is 0.364. The largest absolute Gasteiger partial charge is 0.447 e. The van der Waals surface area contributed by atoms with Gasteiger partial charge >= 0.3 is 0 Å². The van der Waals surface area contributed by atoms with Gasteiger partial charge < -0.3 is 9.52 Å². The van der Waals surface area contributed by atoms with Crippen LogP contribution in [-0.4, -0.2) is 14.9 Å². The van der Waals surface area contributed by atoms with Gasteiger partial charge in [-0.25, -0.2) is 0 Å². The Morgan fingerprint density at radius 3 is 2.59 bits per heavy atom. The molecule has 0 bridgehead atoms. The first-order valence-electron chi connectivity index (χ1n) is 5.17.